The number of benzene rings is 1. The van der Waals surface area contributed by atoms with E-state index in [1.165, 1.54) is 15.5 Å². The molecule has 3 rings (SSSR count). The minimum absolute atomic E-state index is 0.00288. The van der Waals surface area contributed by atoms with Crippen molar-refractivity contribution in [2.45, 2.75) is 32.1 Å². The number of hydrogen-bond acceptors (Lipinski definition) is 5. The number of nitrogens with zero attached hydrogens (tertiary/aromatic N) is 2. The Morgan fingerprint density at radius 1 is 1.34 bits per heavy atom. The molecule has 9 heteroatoms. The van der Waals surface area contributed by atoms with Crippen LogP contribution in [-0.4, -0.2) is 53.5 Å². The summed E-state index contributed by atoms with van der Waals surface area (Å²) < 4.78 is 6.37. The van der Waals surface area contributed by atoms with Crippen molar-refractivity contribution in [3.05, 3.63) is 38.6 Å². The molecule has 3 N–H and O–H groups in total. The topological polar surface area (TPSA) is 115 Å². The molecule has 1 saturated carbocycles. The van der Waals surface area contributed by atoms with Crippen LogP contribution >= 0.6 is 11.6 Å². The molecule has 0 spiro atoms. The van der Waals surface area contributed by atoms with Crippen LogP contribution in [0.3, 0.4) is 0 Å². The number of likely N-dealkylation sites (N-methyl/N-ethyl adjacent to an activating group) is 1. The Morgan fingerprint density at radius 2 is 2.03 bits per heavy atom. The monoisotopic (exact) mass is 419 g/mol. The fraction of sp³-hybridized carbons (Fsp3) is 0.500. The summed E-state index contributed by atoms with van der Waals surface area (Å²) in [7, 11) is 3.21. The molecular formula is C20H26ClN5O3. The van der Waals surface area contributed by atoms with Gasteiger partial charge in [-0.15, -0.1) is 0 Å². The predicted octanol–water partition coefficient (Wildman–Crippen LogP) is 2.59. The van der Waals surface area contributed by atoms with Gasteiger partial charge in [0.15, 0.2) is 5.49 Å². The summed E-state index contributed by atoms with van der Waals surface area (Å²) in [6, 6.07) is 3.08. The van der Waals surface area contributed by atoms with E-state index in [4.69, 9.17) is 27.2 Å². The second-order valence-corrected chi connectivity index (χ2v) is 7.83. The molecular weight excluding hydrogens is 394 g/mol. The third-order valence-electron chi connectivity index (χ3n) is 5.45. The average molecular weight is 420 g/mol. The molecule has 0 saturated heterocycles. The zero-order valence-corrected chi connectivity index (χ0v) is 17.4. The van der Waals surface area contributed by atoms with Crippen LogP contribution in [0, 0.1) is 16.7 Å². The lowest BCUT2D eigenvalue weighted by molar-refractivity contribution is 0.0744. The Morgan fingerprint density at radius 3 is 2.69 bits per heavy atom. The molecule has 8 nitrogen and oxygen atoms in total. The minimum atomic E-state index is -0.605. The molecule has 1 aliphatic carbocycles. The number of rotatable bonds is 5. The van der Waals surface area contributed by atoms with Gasteiger partial charge in [-0.25, -0.2) is 0 Å². The third-order valence-corrected chi connectivity index (χ3v) is 5.77. The first-order chi connectivity index (χ1) is 13.8. The van der Waals surface area contributed by atoms with E-state index in [2.05, 4.69) is 4.98 Å². The highest BCUT2D eigenvalue weighted by Gasteiger charge is 2.23. The summed E-state index contributed by atoms with van der Waals surface area (Å²) in [5, 5.41) is 17.1. The highest BCUT2D eigenvalue weighted by atomic mass is 35.5. The first-order valence-corrected chi connectivity index (χ1v) is 10.1. The summed E-state index contributed by atoms with van der Waals surface area (Å²) in [6.07, 6.45) is 4.96. The van der Waals surface area contributed by atoms with Crippen LogP contribution < -0.4 is 11.0 Å². The lowest BCUT2D eigenvalue weighted by Gasteiger charge is -2.24. The van der Waals surface area contributed by atoms with Crippen molar-refractivity contribution in [2.75, 3.05) is 27.3 Å². The van der Waals surface area contributed by atoms with Crippen LogP contribution in [0.2, 0.25) is 5.02 Å². The number of aromatic nitrogens is 2. The zero-order valence-electron chi connectivity index (χ0n) is 16.7. The maximum absolute atomic E-state index is 12.7. The standard InChI is InChI=1S/C20H26ClN5O3/c1-25(8-9-29-2)20(28)13-10-15-16(11-14(13)21)26(18(23)19(27)24-15)17(22)12-6-4-3-5-7-12/h10-12,22-23H,3-9H2,1-2H3,(H,24,27). The number of hydrogen-bond donors (Lipinski definition) is 3. The highest BCUT2D eigenvalue weighted by Crippen LogP contribution is 2.27. The van der Waals surface area contributed by atoms with E-state index in [9.17, 15) is 9.59 Å². The van der Waals surface area contributed by atoms with Crippen molar-refractivity contribution in [2.24, 2.45) is 5.92 Å². The van der Waals surface area contributed by atoms with Crippen LogP contribution in [-0.2, 0) is 4.74 Å². The van der Waals surface area contributed by atoms with Gasteiger partial charge in [0.2, 0.25) is 0 Å². The SMILES string of the molecule is COCCN(C)C(=O)c1cc2[nH]c(=O)c(=N)n(C(=N)C3CCCCC3)c2cc1Cl. The van der Waals surface area contributed by atoms with Crippen molar-refractivity contribution >= 4 is 34.4 Å². The van der Waals surface area contributed by atoms with Crippen molar-refractivity contribution in [1.82, 2.24) is 14.5 Å². The fourth-order valence-electron chi connectivity index (χ4n) is 3.76. The second kappa shape index (κ2) is 8.92. The van der Waals surface area contributed by atoms with E-state index < -0.39 is 5.56 Å². The molecule has 29 heavy (non-hydrogen) atoms. The summed E-state index contributed by atoms with van der Waals surface area (Å²) in [6.45, 7) is 0.795. The summed E-state index contributed by atoms with van der Waals surface area (Å²) in [4.78, 5) is 29.3. The molecule has 1 fully saturated rings. The van der Waals surface area contributed by atoms with Gasteiger partial charge in [-0.1, -0.05) is 30.9 Å². The lowest BCUT2D eigenvalue weighted by atomic mass is 9.88. The Balaban J connectivity index is 2.10. The largest absolute Gasteiger partial charge is 0.383 e. The maximum Gasteiger partial charge on any atom is 0.291 e. The zero-order chi connectivity index (χ0) is 21.1. The Bertz CT molecular complexity index is 1050. The van der Waals surface area contributed by atoms with Crippen molar-refractivity contribution < 1.29 is 9.53 Å². The first kappa shape index (κ1) is 21.3. The molecule has 2 aromatic rings. The molecule has 1 aromatic carbocycles. The number of amides is 1. The molecule has 0 aliphatic heterocycles. The van der Waals surface area contributed by atoms with Gasteiger partial charge in [0, 0.05) is 26.6 Å². The lowest BCUT2D eigenvalue weighted by Crippen LogP contribution is -2.42. The number of halogens is 1. The van der Waals surface area contributed by atoms with Crippen molar-refractivity contribution in [3.8, 4) is 0 Å². The maximum atomic E-state index is 12.7. The molecule has 0 radical (unpaired) electrons. The molecule has 1 heterocycles. The number of carbonyl (C=O) groups is 1. The molecule has 1 aromatic heterocycles. The van der Waals surface area contributed by atoms with Crippen LogP contribution in [0.4, 0.5) is 0 Å². The first-order valence-electron chi connectivity index (χ1n) is 9.71. The molecule has 156 valence electrons. The van der Waals surface area contributed by atoms with Crippen LogP contribution in [0.1, 0.15) is 42.5 Å². The van der Waals surface area contributed by atoms with Gasteiger partial charge < -0.3 is 14.6 Å². The number of nitrogens with one attached hydrogen (secondary N) is 3. The number of methoxy groups -OCH3 is 1. The van der Waals surface area contributed by atoms with Gasteiger partial charge in [0.25, 0.3) is 11.5 Å². The molecule has 1 amide bonds. The smallest absolute Gasteiger partial charge is 0.291 e. The van der Waals surface area contributed by atoms with Gasteiger partial charge in [-0.2, -0.15) is 0 Å². The number of aromatic amines is 1. The normalized spacial score (nSPS) is 14.9. The number of carbonyl (C=O) groups excluding carboxylic acids is 1. The summed E-state index contributed by atoms with van der Waals surface area (Å²) in [5.41, 5.74) is 0.166. The van der Waals surface area contributed by atoms with E-state index in [0.717, 1.165) is 32.1 Å². The number of fused-ring (bicyclic) bond motifs is 1. The van der Waals surface area contributed by atoms with E-state index in [-0.39, 0.29) is 33.7 Å². The molecule has 1 aliphatic rings. The van der Waals surface area contributed by atoms with Crippen LogP contribution in [0.15, 0.2) is 16.9 Å². The molecule has 0 atom stereocenters. The van der Waals surface area contributed by atoms with Crippen molar-refractivity contribution in [3.63, 3.8) is 0 Å². The fourth-order valence-corrected chi connectivity index (χ4v) is 4.00. The van der Waals surface area contributed by atoms with E-state index in [0.29, 0.717) is 24.2 Å². The van der Waals surface area contributed by atoms with Gasteiger partial charge in [-0.05, 0) is 25.0 Å². The quantitative estimate of drug-likeness (QED) is 0.511. The third kappa shape index (κ3) is 4.28. The minimum Gasteiger partial charge on any atom is -0.383 e. The summed E-state index contributed by atoms with van der Waals surface area (Å²) in [5.74, 6) is -0.0556. The van der Waals surface area contributed by atoms with E-state index >= 15 is 0 Å². The van der Waals surface area contributed by atoms with Crippen molar-refractivity contribution in [1.29, 1.82) is 10.8 Å². The molecule has 0 bridgehead atoms. The Labute approximate surface area is 173 Å². The highest BCUT2D eigenvalue weighted by molar-refractivity contribution is 6.34. The van der Waals surface area contributed by atoms with E-state index in [1.54, 1.807) is 20.2 Å². The number of ether oxygens (including phenoxy) is 1. The van der Waals surface area contributed by atoms with Gasteiger partial charge in [0.05, 0.1) is 28.2 Å². The van der Waals surface area contributed by atoms with Gasteiger partial charge >= 0.3 is 0 Å². The predicted molar refractivity (Wildman–Crippen MR) is 112 cm³/mol. The Kier molecular flexibility index (Phi) is 6.54. The second-order valence-electron chi connectivity index (χ2n) is 7.43. The van der Waals surface area contributed by atoms with Gasteiger partial charge in [-0.3, -0.25) is 25.0 Å². The van der Waals surface area contributed by atoms with Gasteiger partial charge in [0.1, 0.15) is 5.84 Å². The van der Waals surface area contributed by atoms with Crippen LogP contribution in [0.5, 0.6) is 0 Å². The Hall–Kier alpha value is -2.45. The van der Waals surface area contributed by atoms with E-state index in [1.807, 2.05) is 0 Å². The van der Waals surface area contributed by atoms with Crippen LogP contribution in [0.25, 0.3) is 11.0 Å². The number of H-pyrrole nitrogens is 1. The summed E-state index contributed by atoms with van der Waals surface area (Å²) >= 11 is 6.41. The average Bonchev–Trinajstić information content (AvgIpc) is 2.72. The molecule has 0 unspecified atom stereocenters.